The quantitative estimate of drug-likeness (QED) is 0.910. The second kappa shape index (κ2) is 6.14. The molecule has 1 aromatic heterocycles. The lowest BCUT2D eigenvalue weighted by molar-refractivity contribution is -0.142. The number of aromatic amines is 1. The van der Waals surface area contributed by atoms with E-state index in [0.29, 0.717) is 24.2 Å². The van der Waals surface area contributed by atoms with Crippen molar-refractivity contribution in [3.8, 4) is 5.75 Å². The SMILES string of the molecule is COc1ccc(C=C2CCCc3c2nc(=O)[nH]c3C(F)(F)F)cc1. The normalized spacial score (nSPS) is 16.1. The largest absolute Gasteiger partial charge is 0.497 e. The van der Waals surface area contributed by atoms with Crippen molar-refractivity contribution >= 4 is 11.6 Å². The summed E-state index contributed by atoms with van der Waals surface area (Å²) in [6.07, 6.45) is -1.44. The molecule has 1 aromatic carbocycles. The van der Waals surface area contributed by atoms with Crippen LogP contribution < -0.4 is 10.4 Å². The lowest BCUT2D eigenvalue weighted by atomic mass is 9.89. The number of methoxy groups -OCH3 is 1. The molecule has 24 heavy (non-hydrogen) atoms. The van der Waals surface area contributed by atoms with Gasteiger partial charge in [0.2, 0.25) is 0 Å². The third-order valence-corrected chi connectivity index (χ3v) is 3.95. The van der Waals surface area contributed by atoms with E-state index in [1.807, 2.05) is 4.98 Å². The summed E-state index contributed by atoms with van der Waals surface area (Å²) in [6, 6.07) is 7.14. The van der Waals surface area contributed by atoms with Gasteiger partial charge in [0.1, 0.15) is 11.4 Å². The van der Waals surface area contributed by atoms with Crippen molar-refractivity contribution in [2.24, 2.45) is 0 Å². The minimum Gasteiger partial charge on any atom is -0.497 e. The maximum absolute atomic E-state index is 13.2. The molecule has 1 N–H and O–H groups in total. The zero-order chi connectivity index (χ0) is 17.3. The van der Waals surface area contributed by atoms with Gasteiger partial charge in [-0.2, -0.15) is 18.2 Å². The van der Waals surface area contributed by atoms with Gasteiger partial charge < -0.3 is 9.72 Å². The maximum atomic E-state index is 13.2. The average molecular weight is 336 g/mol. The first-order valence-electron chi connectivity index (χ1n) is 7.44. The lowest BCUT2D eigenvalue weighted by Gasteiger charge is -2.21. The Labute approximate surface area is 136 Å². The second-order valence-electron chi connectivity index (χ2n) is 5.54. The van der Waals surface area contributed by atoms with Crippen molar-refractivity contribution in [3.05, 3.63) is 57.3 Å². The van der Waals surface area contributed by atoms with Crippen molar-refractivity contribution in [2.45, 2.75) is 25.4 Å². The molecule has 7 heteroatoms. The van der Waals surface area contributed by atoms with Gasteiger partial charge >= 0.3 is 11.9 Å². The van der Waals surface area contributed by atoms with Crippen LogP contribution in [0.25, 0.3) is 11.6 Å². The Morgan fingerprint density at radius 3 is 2.54 bits per heavy atom. The molecule has 1 aliphatic rings. The molecule has 0 unspecified atom stereocenters. The number of hydrogen-bond donors (Lipinski definition) is 1. The van der Waals surface area contributed by atoms with Gasteiger partial charge in [0.25, 0.3) is 0 Å². The molecule has 1 heterocycles. The Morgan fingerprint density at radius 1 is 1.21 bits per heavy atom. The first kappa shape index (κ1) is 16.3. The number of halogens is 3. The standard InChI is InChI=1S/C17H15F3N2O2/c1-24-12-7-5-10(6-8-12)9-11-3-2-4-13-14(11)21-16(23)22-15(13)17(18,19)20/h5-9H,2-4H2,1H3,(H,21,22,23). The number of benzene rings is 1. The number of nitrogens with zero attached hydrogens (tertiary/aromatic N) is 1. The van der Waals surface area contributed by atoms with Crippen molar-refractivity contribution in [2.75, 3.05) is 7.11 Å². The summed E-state index contributed by atoms with van der Waals surface area (Å²) in [7, 11) is 1.56. The fraction of sp³-hybridized carbons (Fsp3) is 0.294. The summed E-state index contributed by atoms with van der Waals surface area (Å²) < 4.78 is 44.6. The van der Waals surface area contributed by atoms with Crippen LogP contribution in [0.5, 0.6) is 5.75 Å². The summed E-state index contributed by atoms with van der Waals surface area (Å²) in [5.74, 6) is 0.690. The van der Waals surface area contributed by atoms with Gasteiger partial charge in [-0.1, -0.05) is 12.1 Å². The molecule has 0 amide bonds. The predicted octanol–water partition coefficient (Wildman–Crippen LogP) is 3.67. The van der Waals surface area contributed by atoms with E-state index >= 15 is 0 Å². The number of hydrogen-bond acceptors (Lipinski definition) is 3. The van der Waals surface area contributed by atoms with E-state index in [2.05, 4.69) is 4.98 Å². The van der Waals surface area contributed by atoms with Crippen LogP contribution in [0.3, 0.4) is 0 Å². The van der Waals surface area contributed by atoms with Crippen LogP contribution in [0.1, 0.15) is 35.4 Å². The highest BCUT2D eigenvalue weighted by Crippen LogP contribution is 2.37. The predicted molar refractivity (Wildman–Crippen MR) is 83.7 cm³/mol. The van der Waals surface area contributed by atoms with Crippen molar-refractivity contribution in [1.29, 1.82) is 0 Å². The molecule has 1 aliphatic carbocycles. The van der Waals surface area contributed by atoms with Gasteiger partial charge in [0, 0.05) is 5.56 Å². The van der Waals surface area contributed by atoms with Crippen molar-refractivity contribution < 1.29 is 17.9 Å². The molecular formula is C17H15F3N2O2. The smallest absolute Gasteiger partial charge is 0.431 e. The molecule has 2 aromatic rings. The van der Waals surface area contributed by atoms with Gasteiger partial charge in [0.05, 0.1) is 12.8 Å². The number of H-pyrrole nitrogens is 1. The minimum atomic E-state index is -4.60. The highest BCUT2D eigenvalue weighted by atomic mass is 19.4. The summed E-state index contributed by atoms with van der Waals surface area (Å²) in [5.41, 5.74) is -0.310. The fourth-order valence-electron chi connectivity index (χ4n) is 2.86. The molecule has 0 fully saturated rings. The first-order valence-corrected chi connectivity index (χ1v) is 7.44. The van der Waals surface area contributed by atoms with E-state index < -0.39 is 17.6 Å². The van der Waals surface area contributed by atoms with Crippen LogP contribution in [-0.2, 0) is 12.6 Å². The van der Waals surface area contributed by atoms with E-state index in [-0.39, 0.29) is 17.7 Å². The summed E-state index contributed by atoms with van der Waals surface area (Å²) in [5, 5.41) is 0. The third kappa shape index (κ3) is 3.20. The molecule has 0 radical (unpaired) electrons. The van der Waals surface area contributed by atoms with E-state index in [0.717, 1.165) is 5.56 Å². The minimum absolute atomic E-state index is 0.0631. The Morgan fingerprint density at radius 2 is 1.92 bits per heavy atom. The topological polar surface area (TPSA) is 55.0 Å². The van der Waals surface area contributed by atoms with Gasteiger partial charge in [-0.15, -0.1) is 0 Å². The number of fused-ring (bicyclic) bond motifs is 1. The van der Waals surface area contributed by atoms with Gasteiger partial charge in [-0.3, -0.25) is 0 Å². The number of nitrogens with one attached hydrogen (secondary N) is 1. The fourth-order valence-corrected chi connectivity index (χ4v) is 2.86. The number of rotatable bonds is 2. The molecule has 3 rings (SSSR count). The zero-order valence-electron chi connectivity index (χ0n) is 12.9. The Balaban J connectivity index is 2.10. The average Bonchev–Trinajstić information content (AvgIpc) is 2.54. The van der Waals surface area contributed by atoms with Gasteiger partial charge in [0.15, 0.2) is 0 Å². The molecule has 0 saturated heterocycles. The number of allylic oxidation sites excluding steroid dienone is 1. The van der Waals surface area contributed by atoms with Gasteiger partial charge in [-0.05, 0) is 48.6 Å². The highest BCUT2D eigenvalue weighted by molar-refractivity contribution is 5.82. The maximum Gasteiger partial charge on any atom is 0.431 e. The lowest BCUT2D eigenvalue weighted by Crippen LogP contribution is -2.25. The summed E-state index contributed by atoms with van der Waals surface area (Å²) in [6.45, 7) is 0. The number of aromatic nitrogens is 2. The second-order valence-corrected chi connectivity index (χ2v) is 5.54. The monoisotopic (exact) mass is 336 g/mol. The van der Waals surface area contributed by atoms with Crippen LogP contribution in [-0.4, -0.2) is 17.1 Å². The van der Waals surface area contributed by atoms with E-state index in [1.165, 1.54) is 0 Å². The zero-order valence-corrected chi connectivity index (χ0v) is 12.9. The van der Waals surface area contributed by atoms with Gasteiger partial charge in [-0.25, -0.2) is 4.79 Å². The van der Waals surface area contributed by atoms with E-state index in [9.17, 15) is 18.0 Å². The molecule has 0 atom stereocenters. The van der Waals surface area contributed by atoms with Crippen molar-refractivity contribution in [1.82, 2.24) is 9.97 Å². The van der Waals surface area contributed by atoms with Crippen LogP contribution in [0.2, 0.25) is 0 Å². The van der Waals surface area contributed by atoms with Crippen LogP contribution in [0.4, 0.5) is 13.2 Å². The van der Waals surface area contributed by atoms with Crippen LogP contribution in [0.15, 0.2) is 29.1 Å². The Bertz CT molecular complexity index is 836. The van der Waals surface area contributed by atoms with Crippen molar-refractivity contribution in [3.63, 3.8) is 0 Å². The molecule has 0 aliphatic heterocycles. The molecular weight excluding hydrogens is 321 g/mol. The summed E-state index contributed by atoms with van der Waals surface area (Å²) in [4.78, 5) is 17.2. The third-order valence-electron chi connectivity index (χ3n) is 3.95. The number of alkyl halides is 3. The molecule has 126 valence electrons. The Kier molecular flexibility index (Phi) is 4.17. The van der Waals surface area contributed by atoms with Crippen LogP contribution >= 0.6 is 0 Å². The van der Waals surface area contributed by atoms with Crippen LogP contribution in [0, 0.1) is 0 Å². The molecule has 4 nitrogen and oxygen atoms in total. The summed E-state index contributed by atoms with van der Waals surface area (Å²) >= 11 is 0. The molecule has 0 spiro atoms. The number of ether oxygens (including phenoxy) is 1. The first-order chi connectivity index (χ1) is 11.4. The molecule has 0 bridgehead atoms. The van der Waals surface area contributed by atoms with E-state index in [4.69, 9.17) is 4.74 Å². The Hall–Kier alpha value is -2.57. The highest BCUT2D eigenvalue weighted by Gasteiger charge is 2.37. The molecule has 0 saturated carbocycles. The van der Waals surface area contributed by atoms with E-state index in [1.54, 1.807) is 37.5 Å².